The monoisotopic (exact) mass is 1050 g/mol. The first kappa shape index (κ1) is 73.1. The van der Waals surface area contributed by atoms with Gasteiger partial charge in [0.05, 0.1) is 25.4 Å². The van der Waals surface area contributed by atoms with E-state index >= 15 is 0 Å². The Balaban J connectivity index is 3.35. The van der Waals surface area contributed by atoms with Crippen LogP contribution < -0.4 is 5.32 Å². The van der Waals surface area contributed by atoms with E-state index in [9.17, 15) is 19.8 Å². The molecule has 0 aromatic rings. The van der Waals surface area contributed by atoms with Crippen molar-refractivity contribution in [3.05, 3.63) is 36.5 Å². The molecule has 442 valence electrons. The van der Waals surface area contributed by atoms with Crippen LogP contribution in [0, 0.1) is 0 Å². The third-order valence-electron chi connectivity index (χ3n) is 15.6. The van der Waals surface area contributed by atoms with Gasteiger partial charge in [-0.05, 0) is 83.5 Å². The molecule has 0 fully saturated rings. The number of aliphatic hydroxyl groups is 2. The van der Waals surface area contributed by atoms with Gasteiger partial charge in [0.2, 0.25) is 5.91 Å². The van der Waals surface area contributed by atoms with Gasteiger partial charge in [0.1, 0.15) is 0 Å². The summed E-state index contributed by atoms with van der Waals surface area (Å²) in [5.74, 6) is -0.0555. The molecule has 0 aromatic carbocycles. The number of esters is 1. The molecule has 0 bridgehead atoms. The van der Waals surface area contributed by atoms with E-state index in [0.717, 1.165) is 44.9 Å². The van der Waals surface area contributed by atoms with Crippen molar-refractivity contribution in [1.29, 1.82) is 0 Å². The smallest absolute Gasteiger partial charge is 0.305 e. The molecule has 0 saturated heterocycles. The van der Waals surface area contributed by atoms with Crippen LogP contribution in [0.4, 0.5) is 0 Å². The number of aliphatic hydroxyl groups excluding tert-OH is 2. The number of unbranched alkanes of at least 4 members (excludes halogenated alkanes) is 48. The maximum atomic E-state index is 12.4. The van der Waals surface area contributed by atoms with Gasteiger partial charge in [-0.1, -0.05) is 307 Å². The third kappa shape index (κ3) is 61.2. The summed E-state index contributed by atoms with van der Waals surface area (Å²) in [7, 11) is 0. The van der Waals surface area contributed by atoms with Gasteiger partial charge in [-0.3, -0.25) is 9.59 Å². The fourth-order valence-corrected chi connectivity index (χ4v) is 10.4. The lowest BCUT2D eigenvalue weighted by molar-refractivity contribution is -0.143. The molecular formula is C69H131NO5. The Kier molecular flexibility index (Phi) is 63.0. The molecule has 0 aliphatic carbocycles. The second-order valence-electron chi connectivity index (χ2n) is 23.1. The number of allylic oxidation sites excluding steroid dienone is 5. The van der Waals surface area contributed by atoms with Crippen molar-refractivity contribution >= 4 is 11.9 Å². The van der Waals surface area contributed by atoms with E-state index in [1.165, 1.54) is 295 Å². The van der Waals surface area contributed by atoms with Gasteiger partial charge in [-0.2, -0.15) is 0 Å². The van der Waals surface area contributed by atoms with E-state index in [-0.39, 0.29) is 18.5 Å². The fourth-order valence-electron chi connectivity index (χ4n) is 10.4. The van der Waals surface area contributed by atoms with Crippen LogP contribution in [-0.4, -0.2) is 47.4 Å². The third-order valence-corrected chi connectivity index (χ3v) is 15.6. The molecule has 0 aliphatic rings. The van der Waals surface area contributed by atoms with E-state index in [0.29, 0.717) is 19.4 Å². The zero-order valence-corrected chi connectivity index (χ0v) is 50.5. The normalized spacial score (nSPS) is 12.7. The van der Waals surface area contributed by atoms with Gasteiger partial charge in [0.25, 0.3) is 0 Å². The van der Waals surface area contributed by atoms with Gasteiger partial charge in [0, 0.05) is 12.8 Å². The molecule has 0 spiro atoms. The molecule has 0 radical (unpaired) electrons. The van der Waals surface area contributed by atoms with Crippen LogP contribution in [0.25, 0.3) is 0 Å². The number of carbonyl (C=O) groups excluding carboxylic acids is 2. The largest absolute Gasteiger partial charge is 0.466 e. The molecule has 6 heteroatoms. The van der Waals surface area contributed by atoms with E-state index in [1.807, 2.05) is 6.08 Å². The first-order valence-corrected chi connectivity index (χ1v) is 33.8. The molecular weight excluding hydrogens is 923 g/mol. The minimum atomic E-state index is -0.841. The Morgan fingerprint density at radius 2 is 0.627 bits per heavy atom. The summed E-state index contributed by atoms with van der Waals surface area (Å²) in [4.78, 5) is 24.5. The van der Waals surface area contributed by atoms with Gasteiger partial charge in [0.15, 0.2) is 0 Å². The standard InChI is InChI=1S/C69H131NO5/c1-3-5-7-9-11-13-15-17-39-43-47-51-55-59-63-69(74)75-64-60-56-52-48-44-40-37-35-33-31-29-27-25-23-21-19-18-20-22-24-26-28-30-32-34-36-38-42-46-50-54-58-62-68(73)70-66(65-71)67(72)61-57-53-49-45-41-16-14-12-10-8-6-4-2/h15,17,21,23,57,61,66-67,71-72H,3-14,16,18-20,22,24-56,58-60,62-65H2,1-2H3,(H,70,73)/b17-15-,23-21-,61-57+. The van der Waals surface area contributed by atoms with Crippen molar-refractivity contribution in [3.8, 4) is 0 Å². The molecule has 1 amide bonds. The number of amides is 1. The van der Waals surface area contributed by atoms with Gasteiger partial charge >= 0.3 is 5.97 Å². The van der Waals surface area contributed by atoms with Crippen LogP contribution in [0.2, 0.25) is 0 Å². The quantitative estimate of drug-likeness (QED) is 0.0320. The summed E-state index contributed by atoms with van der Waals surface area (Å²) in [5.41, 5.74) is 0. The highest BCUT2D eigenvalue weighted by Gasteiger charge is 2.18. The average molecular weight is 1050 g/mol. The van der Waals surface area contributed by atoms with Gasteiger partial charge < -0.3 is 20.3 Å². The van der Waals surface area contributed by atoms with Crippen molar-refractivity contribution in [2.45, 2.75) is 379 Å². The van der Waals surface area contributed by atoms with Crippen LogP contribution in [0.5, 0.6) is 0 Å². The molecule has 75 heavy (non-hydrogen) atoms. The maximum Gasteiger partial charge on any atom is 0.305 e. The zero-order chi connectivity index (χ0) is 54.3. The molecule has 2 unspecified atom stereocenters. The summed E-state index contributed by atoms with van der Waals surface area (Å²) in [6, 6.07) is -0.625. The summed E-state index contributed by atoms with van der Waals surface area (Å²) in [5, 5.41) is 23.1. The van der Waals surface area contributed by atoms with E-state index < -0.39 is 12.1 Å². The molecule has 0 aromatic heterocycles. The minimum absolute atomic E-state index is 0.00946. The predicted molar refractivity (Wildman–Crippen MR) is 329 cm³/mol. The van der Waals surface area contributed by atoms with Crippen LogP contribution in [0.15, 0.2) is 36.5 Å². The Hall–Kier alpha value is -1.92. The van der Waals surface area contributed by atoms with Crippen molar-refractivity contribution in [2.75, 3.05) is 13.2 Å². The highest BCUT2D eigenvalue weighted by molar-refractivity contribution is 5.76. The predicted octanol–water partition coefficient (Wildman–Crippen LogP) is 21.5. The number of hydrogen-bond acceptors (Lipinski definition) is 5. The molecule has 0 saturated carbocycles. The minimum Gasteiger partial charge on any atom is -0.466 e. The van der Waals surface area contributed by atoms with Gasteiger partial charge in [-0.15, -0.1) is 0 Å². The molecule has 3 N–H and O–H groups in total. The SMILES string of the molecule is CCCCCCC/C=C\CCCCCCCC(=O)OCCCCCCCCCCCCCC/C=C\CCCCCCCCCCCCCCCCCCC(=O)NC(CO)C(O)/C=C/CCCCCCCCCCCC. The lowest BCUT2D eigenvalue weighted by Crippen LogP contribution is -2.45. The first-order valence-electron chi connectivity index (χ1n) is 33.8. The van der Waals surface area contributed by atoms with Gasteiger partial charge in [-0.25, -0.2) is 0 Å². The number of ether oxygens (including phenoxy) is 1. The molecule has 0 rings (SSSR count). The van der Waals surface area contributed by atoms with Crippen molar-refractivity contribution in [1.82, 2.24) is 5.32 Å². The van der Waals surface area contributed by atoms with Crippen molar-refractivity contribution in [3.63, 3.8) is 0 Å². The number of carbonyl (C=O) groups is 2. The van der Waals surface area contributed by atoms with Crippen LogP contribution in [0.3, 0.4) is 0 Å². The summed E-state index contributed by atoms with van der Waals surface area (Å²) in [6.07, 6.45) is 82.2. The molecule has 0 aliphatic heterocycles. The van der Waals surface area contributed by atoms with Crippen molar-refractivity contribution in [2.24, 2.45) is 0 Å². The molecule has 2 atom stereocenters. The van der Waals surface area contributed by atoms with E-state index in [1.54, 1.807) is 6.08 Å². The number of hydrogen-bond donors (Lipinski definition) is 3. The lowest BCUT2D eigenvalue weighted by atomic mass is 10.0. The Morgan fingerprint density at radius 1 is 0.360 bits per heavy atom. The second kappa shape index (κ2) is 64.6. The van der Waals surface area contributed by atoms with Crippen LogP contribution in [-0.2, 0) is 14.3 Å². The highest BCUT2D eigenvalue weighted by atomic mass is 16.5. The summed E-state index contributed by atoms with van der Waals surface area (Å²) < 4.78 is 5.48. The highest BCUT2D eigenvalue weighted by Crippen LogP contribution is 2.18. The fraction of sp³-hybridized carbons (Fsp3) is 0.884. The second-order valence-corrected chi connectivity index (χ2v) is 23.1. The Bertz CT molecular complexity index is 1210. The molecule has 6 nitrogen and oxygen atoms in total. The number of rotatable bonds is 63. The summed E-state index contributed by atoms with van der Waals surface area (Å²) >= 11 is 0. The van der Waals surface area contributed by atoms with Crippen molar-refractivity contribution < 1.29 is 24.5 Å². The number of nitrogens with one attached hydrogen (secondary N) is 1. The maximum absolute atomic E-state index is 12.4. The Labute approximate surface area is 468 Å². The van der Waals surface area contributed by atoms with E-state index in [2.05, 4.69) is 43.5 Å². The summed E-state index contributed by atoms with van der Waals surface area (Å²) in [6.45, 7) is 4.90. The lowest BCUT2D eigenvalue weighted by Gasteiger charge is -2.20. The first-order chi connectivity index (χ1) is 37.0. The van der Waals surface area contributed by atoms with E-state index in [4.69, 9.17) is 4.74 Å². The average Bonchev–Trinajstić information content (AvgIpc) is 3.41. The Morgan fingerprint density at radius 3 is 0.947 bits per heavy atom. The van der Waals surface area contributed by atoms with Crippen LogP contribution in [0.1, 0.15) is 367 Å². The zero-order valence-electron chi connectivity index (χ0n) is 50.5. The van der Waals surface area contributed by atoms with Crippen LogP contribution >= 0.6 is 0 Å². The molecule has 0 heterocycles. The topological polar surface area (TPSA) is 95.9 Å².